The van der Waals surface area contributed by atoms with Crippen LogP contribution < -0.4 is 0 Å². The molecular formula is C3H8O4P. The molecule has 0 fully saturated rings. The van der Waals surface area contributed by atoms with Crippen LogP contribution in [0.5, 0.6) is 0 Å². The van der Waals surface area contributed by atoms with Gasteiger partial charge in [-0.2, -0.15) is 0 Å². The first-order valence-corrected chi connectivity index (χ1v) is 3.50. The van der Waals surface area contributed by atoms with E-state index in [2.05, 4.69) is 4.52 Å². The molecule has 49 valence electrons. The highest BCUT2D eigenvalue weighted by atomic mass is 31.2. The zero-order valence-electron chi connectivity index (χ0n) is 4.66. The number of hydrogen-bond donors (Lipinski definition) is 2. The Hall–Kier alpha value is 0.110. The van der Waals surface area contributed by atoms with Gasteiger partial charge in [0.1, 0.15) is 0 Å². The van der Waals surface area contributed by atoms with Crippen molar-refractivity contribution in [3.63, 3.8) is 0 Å². The number of hydrogen-bond acceptors (Lipinski definition) is 3. The van der Waals surface area contributed by atoms with E-state index in [4.69, 9.17) is 10.00 Å². The van der Waals surface area contributed by atoms with E-state index >= 15 is 0 Å². The fourth-order valence-electron chi connectivity index (χ4n) is 0.132. The zero-order chi connectivity index (χ0) is 6.78. The molecular weight excluding hydrogens is 131 g/mol. The summed E-state index contributed by atoms with van der Waals surface area (Å²) < 4.78 is 14.4. The Morgan fingerprint density at radius 2 is 2.12 bits per heavy atom. The summed E-state index contributed by atoms with van der Waals surface area (Å²) in [6.45, 7) is 1.12. The Labute approximate surface area is 47.6 Å². The van der Waals surface area contributed by atoms with Crippen LogP contribution in [0.25, 0.3) is 0 Å². The molecule has 0 aliphatic rings. The topological polar surface area (TPSA) is 66.8 Å². The molecule has 0 aliphatic heterocycles. The van der Waals surface area contributed by atoms with Gasteiger partial charge in [-0.15, -0.1) is 0 Å². The van der Waals surface area contributed by atoms with Gasteiger partial charge in [-0.1, -0.05) is 0 Å². The van der Waals surface area contributed by atoms with Crippen molar-refractivity contribution in [2.45, 2.75) is 6.92 Å². The molecule has 2 N–H and O–H groups in total. The molecule has 0 heterocycles. The van der Waals surface area contributed by atoms with Crippen LogP contribution in [0, 0.1) is 5.85 Å². The fourth-order valence-corrected chi connectivity index (χ4v) is 0.396. The zero-order valence-corrected chi connectivity index (χ0v) is 5.55. The first kappa shape index (κ1) is 8.11. The van der Waals surface area contributed by atoms with Crippen molar-refractivity contribution in [2.24, 2.45) is 0 Å². The third-order valence-corrected chi connectivity index (χ3v) is 1.97. The van der Waals surface area contributed by atoms with Crippen LogP contribution in [0.4, 0.5) is 0 Å². The maximum absolute atomic E-state index is 10.3. The van der Waals surface area contributed by atoms with E-state index in [9.17, 15) is 4.57 Å². The first-order chi connectivity index (χ1) is 3.50. The SMILES string of the molecule is COP(=O)(O)[C](C)O. The molecule has 0 saturated heterocycles. The van der Waals surface area contributed by atoms with Crippen LogP contribution in [0.15, 0.2) is 0 Å². The van der Waals surface area contributed by atoms with Gasteiger partial charge in [0.15, 0.2) is 0 Å². The molecule has 1 radical (unpaired) electrons. The van der Waals surface area contributed by atoms with Crippen LogP contribution >= 0.6 is 7.60 Å². The lowest BCUT2D eigenvalue weighted by molar-refractivity contribution is 0.263. The molecule has 4 nitrogen and oxygen atoms in total. The van der Waals surface area contributed by atoms with Crippen molar-refractivity contribution in [2.75, 3.05) is 7.11 Å². The predicted molar refractivity (Wildman–Crippen MR) is 27.7 cm³/mol. The van der Waals surface area contributed by atoms with Crippen molar-refractivity contribution in [1.29, 1.82) is 0 Å². The predicted octanol–water partition coefficient (Wildman–Crippen LogP) is 0.700. The molecule has 0 aromatic rings. The van der Waals surface area contributed by atoms with Gasteiger partial charge in [0.05, 0.1) is 0 Å². The molecule has 5 heteroatoms. The van der Waals surface area contributed by atoms with Gasteiger partial charge >= 0.3 is 7.60 Å². The minimum atomic E-state index is -3.77. The maximum atomic E-state index is 10.3. The third kappa shape index (κ3) is 1.92. The van der Waals surface area contributed by atoms with E-state index in [0.717, 1.165) is 14.0 Å². The molecule has 0 aliphatic carbocycles. The average molecular weight is 139 g/mol. The Balaban J connectivity index is 3.93. The second-order valence-corrected chi connectivity index (χ2v) is 3.30. The molecule has 1 atom stereocenters. The lowest BCUT2D eigenvalue weighted by atomic mass is 10.9. The van der Waals surface area contributed by atoms with E-state index in [1.165, 1.54) is 0 Å². The summed E-state index contributed by atoms with van der Waals surface area (Å²) in [5.74, 6) is -0.583. The Bertz CT molecular complexity index is 110. The fraction of sp³-hybridized carbons (Fsp3) is 0.667. The molecule has 0 aromatic carbocycles. The van der Waals surface area contributed by atoms with Crippen LogP contribution in [0.3, 0.4) is 0 Å². The Morgan fingerprint density at radius 3 is 2.12 bits per heavy atom. The van der Waals surface area contributed by atoms with Gasteiger partial charge in [-0.3, -0.25) is 4.57 Å². The van der Waals surface area contributed by atoms with Gasteiger partial charge in [0, 0.05) is 7.11 Å². The highest BCUT2D eigenvalue weighted by Crippen LogP contribution is 2.49. The third-order valence-electron chi connectivity index (χ3n) is 0.656. The minimum absolute atomic E-state index is 0.583. The Morgan fingerprint density at radius 1 is 1.75 bits per heavy atom. The van der Waals surface area contributed by atoms with Gasteiger partial charge in [-0.25, -0.2) is 0 Å². The largest absolute Gasteiger partial charge is 0.375 e. The molecule has 0 bridgehead atoms. The number of aliphatic hydroxyl groups excluding tert-OH is 1. The van der Waals surface area contributed by atoms with E-state index < -0.39 is 13.4 Å². The monoisotopic (exact) mass is 139 g/mol. The highest BCUT2D eigenvalue weighted by Gasteiger charge is 2.25. The first-order valence-electron chi connectivity index (χ1n) is 1.92. The highest BCUT2D eigenvalue weighted by molar-refractivity contribution is 7.55. The molecule has 0 amide bonds. The Kier molecular flexibility index (Phi) is 2.63. The maximum Gasteiger partial charge on any atom is 0.362 e. The van der Waals surface area contributed by atoms with Crippen molar-refractivity contribution in [3.8, 4) is 0 Å². The summed E-state index contributed by atoms with van der Waals surface area (Å²) >= 11 is 0. The lowest BCUT2D eigenvalue weighted by Crippen LogP contribution is -1.92. The summed E-state index contributed by atoms with van der Waals surface area (Å²) in [5, 5.41) is 8.36. The summed E-state index contributed by atoms with van der Waals surface area (Å²) in [6, 6.07) is 0. The summed E-state index contributed by atoms with van der Waals surface area (Å²) in [4.78, 5) is 8.45. The van der Waals surface area contributed by atoms with Crippen LogP contribution in [-0.2, 0) is 9.09 Å². The van der Waals surface area contributed by atoms with Gasteiger partial charge in [0.2, 0.25) is 5.85 Å². The number of aliphatic hydroxyl groups is 1. The van der Waals surface area contributed by atoms with E-state index in [1.54, 1.807) is 0 Å². The average Bonchev–Trinajstić information content (AvgIpc) is 1.67. The normalized spacial score (nSPS) is 18.6. The number of rotatable bonds is 2. The molecule has 0 aromatic heterocycles. The molecule has 8 heavy (non-hydrogen) atoms. The minimum Gasteiger partial charge on any atom is -0.375 e. The lowest BCUT2D eigenvalue weighted by Gasteiger charge is -2.08. The van der Waals surface area contributed by atoms with E-state index in [-0.39, 0.29) is 0 Å². The summed E-state index contributed by atoms with van der Waals surface area (Å²) in [6.07, 6.45) is 0. The summed E-state index contributed by atoms with van der Waals surface area (Å²) in [7, 11) is -2.72. The quantitative estimate of drug-likeness (QED) is 0.552. The van der Waals surface area contributed by atoms with Crippen LogP contribution in [-0.4, -0.2) is 17.1 Å². The molecule has 0 spiro atoms. The standard InChI is InChI=1S/C3H8O4P/c1-3(4)8(5,6)7-2/h4H,1-2H3,(H,5,6). The molecule has 0 rings (SSSR count). The second-order valence-electron chi connectivity index (χ2n) is 1.25. The smallest absolute Gasteiger partial charge is 0.362 e. The van der Waals surface area contributed by atoms with Gasteiger partial charge in [-0.05, 0) is 6.92 Å². The van der Waals surface area contributed by atoms with Crippen molar-refractivity contribution in [1.82, 2.24) is 0 Å². The van der Waals surface area contributed by atoms with Crippen LogP contribution in [0.2, 0.25) is 0 Å². The van der Waals surface area contributed by atoms with Crippen molar-refractivity contribution in [3.05, 3.63) is 5.85 Å². The van der Waals surface area contributed by atoms with E-state index in [0.29, 0.717) is 0 Å². The molecule has 1 unspecified atom stereocenters. The van der Waals surface area contributed by atoms with E-state index in [1.807, 2.05) is 0 Å². The van der Waals surface area contributed by atoms with Crippen LogP contribution in [0.1, 0.15) is 6.92 Å². The molecule has 0 saturated carbocycles. The summed E-state index contributed by atoms with van der Waals surface area (Å²) in [5.41, 5.74) is 0. The van der Waals surface area contributed by atoms with Gasteiger partial charge in [0.25, 0.3) is 0 Å². The van der Waals surface area contributed by atoms with Crippen molar-refractivity contribution >= 4 is 7.60 Å². The van der Waals surface area contributed by atoms with Gasteiger partial charge < -0.3 is 14.5 Å². The van der Waals surface area contributed by atoms with Crippen molar-refractivity contribution < 1.29 is 19.1 Å². The second kappa shape index (κ2) is 2.60.